The number of carbonyl (C=O) groups excluding carboxylic acids is 4. The molecule has 0 fully saturated rings. The van der Waals surface area contributed by atoms with Crippen LogP contribution in [0.2, 0.25) is 0 Å². The van der Waals surface area contributed by atoms with Gasteiger partial charge in [-0.15, -0.1) is 0 Å². The summed E-state index contributed by atoms with van der Waals surface area (Å²) in [5.74, 6) is -1.69. The number of alkyl carbamates (subject to hydrolysis) is 1. The lowest BCUT2D eigenvalue weighted by Crippen LogP contribution is -2.52. The summed E-state index contributed by atoms with van der Waals surface area (Å²) in [6, 6.07) is 16.3. The summed E-state index contributed by atoms with van der Waals surface area (Å²) in [6.07, 6.45) is 2.69. The predicted octanol–water partition coefficient (Wildman–Crippen LogP) is 3.08. The van der Waals surface area contributed by atoms with Gasteiger partial charge < -0.3 is 24.8 Å². The first-order valence-corrected chi connectivity index (χ1v) is 11.7. The van der Waals surface area contributed by atoms with Crippen LogP contribution in [0, 0.1) is 0 Å². The van der Waals surface area contributed by atoms with Crippen LogP contribution >= 0.6 is 0 Å². The molecule has 0 bridgehead atoms. The van der Waals surface area contributed by atoms with E-state index in [-0.39, 0.29) is 32.5 Å². The second kappa shape index (κ2) is 15.7. The highest BCUT2D eigenvalue weighted by molar-refractivity contribution is 5.89. The molecule has 2 N–H and O–H groups in total. The molecule has 0 radical (unpaired) electrons. The fraction of sp³-hybridized carbons (Fsp3) is 0.333. The minimum Gasteiger partial charge on any atom is -0.467 e. The van der Waals surface area contributed by atoms with Gasteiger partial charge in [0.25, 0.3) is 0 Å². The second-order valence-corrected chi connectivity index (χ2v) is 7.76. The highest BCUT2D eigenvalue weighted by atomic mass is 16.5. The van der Waals surface area contributed by atoms with Gasteiger partial charge in [-0.1, -0.05) is 66.7 Å². The van der Waals surface area contributed by atoms with Gasteiger partial charge in [0, 0.05) is 12.5 Å². The highest BCUT2D eigenvalue weighted by Gasteiger charge is 2.27. The SMILES string of the molecule is CCOC(=O)/C=C/CC[C@H](NC(=O)OCc1ccccc1)C(=O)N[C@@H](Cc1ccccc1)C(=O)OC. The Labute approximate surface area is 210 Å². The number of hydrogen-bond donors (Lipinski definition) is 2. The van der Waals surface area contributed by atoms with Crippen LogP contribution in [0.25, 0.3) is 0 Å². The molecular weight excluding hydrogens is 464 g/mol. The number of methoxy groups -OCH3 is 1. The Bertz CT molecular complexity index is 1010. The van der Waals surface area contributed by atoms with Gasteiger partial charge in [0.15, 0.2) is 0 Å². The van der Waals surface area contributed by atoms with Crippen molar-refractivity contribution < 1.29 is 33.4 Å². The number of benzene rings is 2. The fourth-order valence-electron chi connectivity index (χ4n) is 3.27. The van der Waals surface area contributed by atoms with Gasteiger partial charge in [-0.25, -0.2) is 14.4 Å². The minimum atomic E-state index is -1.02. The standard InChI is InChI=1S/C27H32N2O7/c1-3-35-24(30)17-11-10-16-22(29-27(33)36-19-21-14-8-5-9-15-21)25(31)28-23(26(32)34-2)18-20-12-6-4-7-13-20/h4-9,11-15,17,22-23H,3,10,16,18-19H2,1-2H3,(H,28,31)(H,29,33)/b17-11+/t22-,23-/m0/s1. The number of amides is 2. The van der Waals surface area contributed by atoms with Crippen molar-refractivity contribution in [3.05, 3.63) is 83.9 Å². The fourth-order valence-corrected chi connectivity index (χ4v) is 3.27. The van der Waals surface area contributed by atoms with Crippen molar-refractivity contribution in [3.8, 4) is 0 Å². The van der Waals surface area contributed by atoms with Gasteiger partial charge in [-0.05, 0) is 30.9 Å². The molecular formula is C27H32N2O7. The largest absolute Gasteiger partial charge is 0.467 e. The molecule has 2 aromatic rings. The van der Waals surface area contributed by atoms with Gasteiger partial charge in [0.2, 0.25) is 5.91 Å². The van der Waals surface area contributed by atoms with Crippen molar-refractivity contribution in [1.29, 1.82) is 0 Å². The van der Waals surface area contributed by atoms with Gasteiger partial charge in [-0.3, -0.25) is 4.79 Å². The van der Waals surface area contributed by atoms with Crippen LogP contribution in [0.4, 0.5) is 4.79 Å². The average Bonchev–Trinajstić information content (AvgIpc) is 2.89. The van der Waals surface area contributed by atoms with E-state index in [9.17, 15) is 19.2 Å². The van der Waals surface area contributed by atoms with E-state index in [0.29, 0.717) is 0 Å². The average molecular weight is 497 g/mol. The van der Waals surface area contributed by atoms with Crippen LogP contribution < -0.4 is 10.6 Å². The summed E-state index contributed by atoms with van der Waals surface area (Å²) in [7, 11) is 1.24. The first kappa shape index (κ1) is 28.1. The maximum absolute atomic E-state index is 13.1. The van der Waals surface area contributed by atoms with E-state index in [1.165, 1.54) is 13.2 Å². The third kappa shape index (κ3) is 10.4. The van der Waals surface area contributed by atoms with Crippen molar-refractivity contribution in [2.75, 3.05) is 13.7 Å². The zero-order valence-corrected chi connectivity index (χ0v) is 20.5. The smallest absolute Gasteiger partial charge is 0.408 e. The van der Waals surface area contributed by atoms with Gasteiger partial charge >= 0.3 is 18.0 Å². The van der Waals surface area contributed by atoms with Crippen molar-refractivity contribution >= 4 is 23.9 Å². The molecule has 0 saturated heterocycles. The van der Waals surface area contributed by atoms with Crippen LogP contribution in [-0.4, -0.2) is 49.7 Å². The molecule has 0 unspecified atom stereocenters. The molecule has 36 heavy (non-hydrogen) atoms. The Kier molecular flexibility index (Phi) is 12.3. The van der Waals surface area contributed by atoms with Crippen LogP contribution in [0.5, 0.6) is 0 Å². The van der Waals surface area contributed by atoms with Crippen LogP contribution in [-0.2, 0) is 41.6 Å². The van der Waals surface area contributed by atoms with E-state index in [0.717, 1.165) is 11.1 Å². The highest BCUT2D eigenvalue weighted by Crippen LogP contribution is 2.08. The monoisotopic (exact) mass is 496 g/mol. The first-order valence-electron chi connectivity index (χ1n) is 11.7. The number of esters is 2. The molecule has 2 rings (SSSR count). The summed E-state index contributed by atoms with van der Waals surface area (Å²) < 4.78 is 14.9. The van der Waals surface area contributed by atoms with Crippen LogP contribution in [0.3, 0.4) is 0 Å². The number of ether oxygens (including phenoxy) is 3. The number of nitrogens with one attached hydrogen (secondary N) is 2. The summed E-state index contributed by atoms with van der Waals surface area (Å²) in [6.45, 7) is 1.98. The van der Waals surface area contributed by atoms with Crippen molar-refractivity contribution in [2.24, 2.45) is 0 Å². The van der Waals surface area contributed by atoms with E-state index >= 15 is 0 Å². The molecule has 9 heteroatoms. The summed E-state index contributed by atoms with van der Waals surface area (Å²) >= 11 is 0. The zero-order valence-electron chi connectivity index (χ0n) is 20.5. The molecule has 9 nitrogen and oxygen atoms in total. The summed E-state index contributed by atoms with van der Waals surface area (Å²) in [5, 5.41) is 5.22. The van der Waals surface area contributed by atoms with Gasteiger partial charge in [0.05, 0.1) is 13.7 Å². The van der Waals surface area contributed by atoms with Crippen molar-refractivity contribution in [3.63, 3.8) is 0 Å². The normalized spacial score (nSPS) is 12.3. The lowest BCUT2D eigenvalue weighted by Gasteiger charge is -2.22. The number of allylic oxidation sites excluding steroid dienone is 1. The van der Waals surface area contributed by atoms with E-state index < -0.39 is 36.0 Å². The maximum atomic E-state index is 13.1. The molecule has 2 atom stereocenters. The van der Waals surface area contributed by atoms with Crippen LogP contribution in [0.1, 0.15) is 30.9 Å². The van der Waals surface area contributed by atoms with E-state index in [4.69, 9.17) is 14.2 Å². The third-order valence-corrected chi connectivity index (χ3v) is 5.07. The Hall–Kier alpha value is -4.14. The molecule has 0 aliphatic rings. The molecule has 2 amide bonds. The number of hydrogen-bond acceptors (Lipinski definition) is 7. The van der Waals surface area contributed by atoms with Crippen molar-refractivity contribution in [2.45, 2.75) is 44.9 Å². The molecule has 0 spiro atoms. The molecule has 0 aliphatic heterocycles. The Balaban J connectivity index is 2.06. The zero-order chi connectivity index (χ0) is 26.2. The maximum Gasteiger partial charge on any atom is 0.408 e. The van der Waals surface area contributed by atoms with E-state index in [1.54, 1.807) is 13.0 Å². The number of carbonyl (C=O) groups is 4. The summed E-state index contributed by atoms with van der Waals surface area (Å²) in [4.78, 5) is 49.4. The van der Waals surface area contributed by atoms with E-state index in [2.05, 4.69) is 10.6 Å². The van der Waals surface area contributed by atoms with Crippen molar-refractivity contribution in [1.82, 2.24) is 10.6 Å². The quantitative estimate of drug-likeness (QED) is 0.248. The Morgan fingerprint density at radius 1 is 0.861 bits per heavy atom. The third-order valence-electron chi connectivity index (χ3n) is 5.07. The summed E-state index contributed by atoms with van der Waals surface area (Å²) in [5.41, 5.74) is 1.62. The first-order chi connectivity index (χ1) is 17.4. The van der Waals surface area contributed by atoms with Gasteiger partial charge in [-0.2, -0.15) is 0 Å². The number of rotatable bonds is 13. The predicted molar refractivity (Wildman–Crippen MR) is 133 cm³/mol. The molecule has 0 heterocycles. The Morgan fingerprint density at radius 2 is 1.50 bits per heavy atom. The Morgan fingerprint density at radius 3 is 2.11 bits per heavy atom. The molecule has 192 valence electrons. The molecule has 0 aromatic heterocycles. The molecule has 0 aliphatic carbocycles. The minimum absolute atomic E-state index is 0.0303. The molecule has 2 aromatic carbocycles. The lowest BCUT2D eigenvalue weighted by atomic mass is 10.0. The second-order valence-electron chi connectivity index (χ2n) is 7.76. The van der Waals surface area contributed by atoms with Gasteiger partial charge in [0.1, 0.15) is 18.7 Å². The topological polar surface area (TPSA) is 120 Å². The van der Waals surface area contributed by atoms with E-state index in [1.807, 2.05) is 60.7 Å². The van der Waals surface area contributed by atoms with Crippen LogP contribution in [0.15, 0.2) is 72.8 Å². The lowest BCUT2D eigenvalue weighted by molar-refractivity contribution is -0.145. The molecule has 0 saturated carbocycles.